The number of phenolic OH excluding ortho intramolecular Hbond substituents is 1. The smallest absolute Gasteiger partial charge is 0.200 e. The number of hydrogen-bond acceptors (Lipinski definition) is 7. The molecule has 1 aromatic heterocycles. The molecule has 1 saturated carbocycles. The summed E-state index contributed by atoms with van der Waals surface area (Å²) in [6.07, 6.45) is 12.0. The minimum Gasteiger partial charge on any atom is -0.507 e. The number of hydrogen-bond donors (Lipinski definition) is 1. The molecule has 0 spiro atoms. The first-order valence-corrected chi connectivity index (χ1v) is 13.4. The Morgan fingerprint density at radius 1 is 0.974 bits per heavy atom. The topological polar surface area (TPSA) is 87.4 Å². The molecular formula is C32H38O7. The zero-order valence-corrected chi connectivity index (χ0v) is 23.5. The number of rotatable bonds is 10. The second kappa shape index (κ2) is 12.8. The van der Waals surface area contributed by atoms with Gasteiger partial charge < -0.3 is 28.5 Å². The van der Waals surface area contributed by atoms with E-state index in [1.165, 1.54) is 25.3 Å². The second-order valence-electron chi connectivity index (χ2n) is 10.2. The molecular weight excluding hydrogens is 496 g/mol. The zero-order valence-electron chi connectivity index (χ0n) is 23.5. The summed E-state index contributed by atoms with van der Waals surface area (Å²) >= 11 is 0. The molecule has 0 aliphatic heterocycles. The summed E-state index contributed by atoms with van der Waals surface area (Å²) in [6.45, 7) is 4.57. The van der Waals surface area contributed by atoms with E-state index in [1.807, 2.05) is 32.1 Å². The van der Waals surface area contributed by atoms with Crippen LogP contribution in [-0.2, 0) is 6.42 Å². The Labute approximate surface area is 229 Å². The minimum atomic E-state index is -0.318. The van der Waals surface area contributed by atoms with Gasteiger partial charge in [0.2, 0.25) is 5.43 Å². The molecule has 0 saturated heterocycles. The van der Waals surface area contributed by atoms with Crippen LogP contribution in [0, 0.1) is 5.92 Å². The highest BCUT2D eigenvalue weighted by Crippen LogP contribution is 2.42. The van der Waals surface area contributed by atoms with E-state index in [2.05, 4.69) is 0 Å². The molecule has 0 radical (unpaired) electrons. The number of methoxy groups -OCH3 is 3. The van der Waals surface area contributed by atoms with E-state index >= 15 is 0 Å². The molecule has 2 aromatic carbocycles. The van der Waals surface area contributed by atoms with Crippen LogP contribution in [-0.4, -0.2) is 33.0 Å². The van der Waals surface area contributed by atoms with Crippen molar-refractivity contribution >= 4 is 11.0 Å². The van der Waals surface area contributed by atoms with Gasteiger partial charge in [0, 0.05) is 23.8 Å². The van der Waals surface area contributed by atoms with E-state index < -0.39 is 0 Å². The van der Waals surface area contributed by atoms with Gasteiger partial charge in [-0.15, -0.1) is 0 Å². The van der Waals surface area contributed by atoms with Gasteiger partial charge in [-0.05, 0) is 45.1 Å². The maximum atomic E-state index is 13.9. The average Bonchev–Trinajstić information content (AvgIpc) is 2.94. The fourth-order valence-corrected chi connectivity index (χ4v) is 5.02. The second-order valence-corrected chi connectivity index (χ2v) is 10.2. The van der Waals surface area contributed by atoms with Crippen molar-refractivity contribution < 1.29 is 28.5 Å². The van der Waals surface area contributed by atoms with Crippen molar-refractivity contribution in [3.05, 3.63) is 63.9 Å². The monoisotopic (exact) mass is 534 g/mol. The van der Waals surface area contributed by atoms with Gasteiger partial charge in [-0.2, -0.15) is 0 Å². The first-order valence-electron chi connectivity index (χ1n) is 13.4. The van der Waals surface area contributed by atoms with Crippen molar-refractivity contribution in [2.24, 2.45) is 5.92 Å². The van der Waals surface area contributed by atoms with Gasteiger partial charge in [-0.1, -0.05) is 43.1 Å². The van der Waals surface area contributed by atoms with E-state index in [0.717, 1.165) is 18.4 Å². The van der Waals surface area contributed by atoms with E-state index in [4.69, 9.17) is 23.4 Å². The predicted octanol–water partition coefficient (Wildman–Crippen LogP) is 7.22. The Hall–Kier alpha value is -3.87. The Bertz CT molecular complexity index is 1420. The molecule has 3 aromatic rings. The summed E-state index contributed by atoms with van der Waals surface area (Å²) in [5, 5.41) is 11.0. The third-order valence-corrected chi connectivity index (χ3v) is 7.09. The van der Waals surface area contributed by atoms with Crippen LogP contribution in [0.5, 0.6) is 28.7 Å². The van der Waals surface area contributed by atoms with Crippen LogP contribution >= 0.6 is 0 Å². The molecule has 7 heteroatoms. The van der Waals surface area contributed by atoms with E-state index in [9.17, 15) is 9.90 Å². The summed E-state index contributed by atoms with van der Waals surface area (Å²) in [6, 6.07) is 6.61. The fourth-order valence-electron chi connectivity index (χ4n) is 5.02. The van der Waals surface area contributed by atoms with Crippen molar-refractivity contribution in [3.63, 3.8) is 0 Å². The molecule has 1 aliphatic rings. The van der Waals surface area contributed by atoms with Gasteiger partial charge in [0.05, 0.1) is 33.5 Å². The largest absolute Gasteiger partial charge is 0.507 e. The predicted molar refractivity (Wildman–Crippen MR) is 154 cm³/mol. The molecule has 1 heterocycles. The third kappa shape index (κ3) is 6.41. The minimum absolute atomic E-state index is 0.119. The van der Waals surface area contributed by atoms with Gasteiger partial charge in [-0.25, -0.2) is 0 Å². The molecule has 0 amide bonds. The highest BCUT2D eigenvalue weighted by Gasteiger charge is 2.23. The Balaban J connectivity index is 1.87. The highest BCUT2D eigenvalue weighted by molar-refractivity contribution is 5.88. The summed E-state index contributed by atoms with van der Waals surface area (Å²) in [5.41, 5.74) is 1.98. The summed E-state index contributed by atoms with van der Waals surface area (Å²) in [7, 11) is 4.63. The number of ether oxygens (including phenoxy) is 4. The standard InChI is InChI=1S/C32H38O7/c1-20(2)11-9-10-14-23-31(34)30-25(33)15-22(38-19-21-12-7-6-8-13-21)16-29(30)39-32(23)24-17-27(36-4)28(37-5)18-26(24)35-3/h9-11,15-18,21,33H,6-8,12-14,19H2,1-5H3/b10-9+. The maximum absolute atomic E-state index is 13.9. The summed E-state index contributed by atoms with van der Waals surface area (Å²) in [5.74, 6) is 2.53. The number of allylic oxidation sites excluding steroid dienone is 4. The Morgan fingerprint density at radius 3 is 2.33 bits per heavy atom. The summed E-state index contributed by atoms with van der Waals surface area (Å²) in [4.78, 5) is 13.9. The molecule has 4 rings (SSSR count). The van der Waals surface area contributed by atoms with Crippen molar-refractivity contribution in [1.82, 2.24) is 0 Å². The molecule has 208 valence electrons. The van der Waals surface area contributed by atoms with Crippen molar-refractivity contribution in [2.45, 2.75) is 52.4 Å². The lowest BCUT2D eigenvalue weighted by Crippen LogP contribution is -2.15. The van der Waals surface area contributed by atoms with Gasteiger partial charge >= 0.3 is 0 Å². The van der Waals surface area contributed by atoms with Gasteiger partial charge in [0.15, 0.2) is 11.5 Å². The molecule has 39 heavy (non-hydrogen) atoms. The lowest BCUT2D eigenvalue weighted by molar-refractivity contribution is 0.208. The molecule has 1 aliphatic carbocycles. The van der Waals surface area contributed by atoms with Crippen LogP contribution in [0.2, 0.25) is 0 Å². The lowest BCUT2D eigenvalue weighted by atomic mass is 9.90. The normalized spacial score (nSPS) is 14.0. The third-order valence-electron chi connectivity index (χ3n) is 7.09. The van der Waals surface area contributed by atoms with E-state index in [-0.39, 0.29) is 28.6 Å². The quantitative estimate of drug-likeness (QED) is 0.275. The Morgan fingerprint density at radius 2 is 1.67 bits per heavy atom. The van der Waals surface area contributed by atoms with Crippen molar-refractivity contribution in [3.8, 4) is 40.1 Å². The molecule has 0 unspecified atom stereocenters. The number of aromatic hydroxyl groups is 1. The fraction of sp³-hybridized carbons (Fsp3) is 0.406. The van der Waals surface area contributed by atoms with E-state index in [0.29, 0.717) is 52.4 Å². The van der Waals surface area contributed by atoms with Gasteiger partial charge in [-0.3, -0.25) is 4.79 Å². The van der Waals surface area contributed by atoms with E-state index in [1.54, 1.807) is 39.5 Å². The SMILES string of the molecule is COc1cc(OC)c(-c2oc3cc(OCC4CCCCC4)cc(O)c3c(=O)c2C/C=C/C=C(C)C)cc1OC. The Kier molecular flexibility index (Phi) is 9.23. The van der Waals surface area contributed by atoms with Crippen LogP contribution in [0.4, 0.5) is 0 Å². The molecule has 0 bridgehead atoms. The molecule has 7 nitrogen and oxygen atoms in total. The lowest BCUT2D eigenvalue weighted by Gasteiger charge is -2.21. The molecule has 1 N–H and O–H groups in total. The van der Waals surface area contributed by atoms with Gasteiger partial charge in [0.25, 0.3) is 0 Å². The van der Waals surface area contributed by atoms with Crippen molar-refractivity contribution in [2.75, 3.05) is 27.9 Å². The number of benzene rings is 2. The first-order chi connectivity index (χ1) is 18.9. The van der Waals surface area contributed by atoms with Crippen LogP contribution in [0.3, 0.4) is 0 Å². The maximum Gasteiger partial charge on any atom is 0.200 e. The average molecular weight is 535 g/mol. The summed E-state index contributed by atoms with van der Waals surface area (Å²) < 4.78 is 29.1. The zero-order chi connectivity index (χ0) is 27.9. The van der Waals surface area contributed by atoms with Crippen LogP contribution in [0.25, 0.3) is 22.3 Å². The van der Waals surface area contributed by atoms with Crippen molar-refractivity contribution in [1.29, 1.82) is 0 Å². The highest BCUT2D eigenvalue weighted by atomic mass is 16.5. The number of phenols is 1. The van der Waals surface area contributed by atoms with Gasteiger partial charge in [0.1, 0.15) is 34.0 Å². The molecule has 0 atom stereocenters. The van der Waals surface area contributed by atoms with Crippen LogP contribution < -0.4 is 24.4 Å². The van der Waals surface area contributed by atoms with Crippen LogP contribution in [0.1, 0.15) is 51.5 Å². The molecule has 1 fully saturated rings. The van der Waals surface area contributed by atoms with Crippen LogP contribution in [0.15, 0.2) is 57.3 Å². The first kappa shape index (κ1) is 28.1. The number of fused-ring (bicyclic) bond motifs is 1.